The monoisotopic (exact) mass is 349 g/mol. The van der Waals surface area contributed by atoms with Gasteiger partial charge < -0.3 is 9.47 Å². The van der Waals surface area contributed by atoms with E-state index in [1.165, 1.54) is 24.8 Å². The quantitative estimate of drug-likeness (QED) is 0.744. The Hall–Kier alpha value is -2.05. The van der Waals surface area contributed by atoms with Crippen molar-refractivity contribution in [3.05, 3.63) is 54.1 Å². The first-order chi connectivity index (χ1) is 11.4. The van der Waals surface area contributed by atoms with Crippen LogP contribution in [0.4, 0.5) is 0 Å². The maximum absolute atomic E-state index is 12.2. The highest BCUT2D eigenvalue weighted by atomic mass is 32.2. The molecule has 0 saturated heterocycles. The molecule has 0 radical (unpaired) electrons. The molecule has 1 N–H and O–H groups in total. The van der Waals surface area contributed by atoms with Crippen LogP contribution in [0.15, 0.2) is 53.4 Å². The molecule has 0 aliphatic carbocycles. The molecule has 0 bridgehead atoms. The van der Waals surface area contributed by atoms with Crippen molar-refractivity contribution in [2.75, 3.05) is 20.3 Å². The van der Waals surface area contributed by atoms with Crippen LogP contribution in [0.1, 0.15) is 25.3 Å². The maximum atomic E-state index is 12.2. The normalized spacial score (nSPS) is 11.5. The molecule has 6 heteroatoms. The van der Waals surface area contributed by atoms with Gasteiger partial charge in [-0.25, -0.2) is 13.1 Å². The fourth-order valence-corrected chi connectivity index (χ4v) is 3.15. The van der Waals surface area contributed by atoms with Gasteiger partial charge in [-0.05, 0) is 47.9 Å². The molecule has 0 amide bonds. The van der Waals surface area contributed by atoms with Gasteiger partial charge in [-0.15, -0.1) is 0 Å². The lowest BCUT2D eigenvalue weighted by Gasteiger charge is -2.10. The number of ether oxygens (including phenoxy) is 2. The SMILES string of the molecule is COc1ccc(S(=O)(=O)NCCOc2ccc(C(C)C)cc2)cc1. The largest absolute Gasteiger partial charge is 0.497 e. The lowest BCUT2D eigenvalue weighted by molar-refractivity contribution is 0.322. The summed E-state index contributed by atoms with van der Waals surface area (Å²) in [7, 11) is -2.01. The van der Waals surface area contributed by atoms with Crippen LogP contribution in [0, 0.1) is 0 Å². The highest BCUT2D eigenvalue weighted by Crippen LogP contribution is 2.18. The first kappa shape index (κ1) is 18.3. The van der Waals surface area contributed by atoms with Crippen molar-refractivity contribution in [1.29, 1.82) is 0 Å². The molecule has 130 valence electrons. The summed E-state index contributed by atoms with van der Waals surface area (Å²) in [5, 5.41) is 0. The predicted molar refractivity (Wildman–Crippen MR) is 94.2 cm³/mol. The highest BCUT2D eigenvalue weighted by molar-refractivity contribution is 7.89. The van der Waals surface area contributed by atoms with Crippen molar-refractivity contribution in [2.45, 2.75) is 24.7 Å². The van der Waals surface area contributed by atoms with Crippen LogP contribution in [0.5, 0.6) is 11.5 Å². The van der Waals surface area contributed by atoms with Crippen LogP contribution in [-0.2, 0) is 10.0 Å². The van der Waals surface area contributed by atoms with Crippen molar-refractivity contribution >= 4 is 10.0 Å². The van der Waals surface area contributed by atoms with Crippen molar-refractivity contribution in [1.82, 2.24) is 4.72 Å². The second-order valence-electron chi connectivity index (χ2n) is 5.65. The van der Waals surface area contributed by atoms with E-state index in [-0.39, 0.29) is 18.0 Å². The van der Waals surface area contributed by atoms with Gasteiger partial charge in [0, 0.05) is 6.54 Å². The van der Waals surface area contributed by atoms with Gasteiger partial charge in [-0.1, -0.05) is 26.0 Å². The van der Waals surface area contributed by atoms with E-state index in [0.29, 0.717) is 11.7 Å². The Kier molecular flexibility index (Phi) is 6.23. The third-order valence-corrected chi connectivity index (χ3v) is 5.06. The second kappa shape index (κ2) is 8.17. The summed E-state index contributed by atoms with van der Waals surface area (Å²) in [6.45, 7) is 4.71. The lowest BCUT2D eigenvalue weighted by atomic mass is 10.0. The molecule has 0 aromatic heterocycles. The summed E-state index contributed by atoms with van der Waals surface area (Å²) in [4.78, 5) is 0.199. The minimum Gasteiger partial charge on any atom is -0.497 e. The molecule has 0 saturated carbocycles. The number of rotatable bonds is 8. The molecule has 0 unspecified atom stereocenters. The van der Waals surface area contributed by atoms with E-state index in [4.69, 9.17) is 9.47 Å². The Morgan fingerprint density at radius 1 is 0.958 bits per heavy atom. The topological polar surface area (TPSA) is 64.6 Å². The average molecular weight is 349 g/mol. The van der Waals surface area contributed by atoms with Gasteiger partial charge in [0.15, 0.2) is 0 Å². The van der Waals surface area contributed by atoms with Gasteiger partial charge in [-0.3, -0.25) is 0 Å². The number of hydrogen-bond donors (Lipinski definition) is 1. The number of methoxy groups -OCH3 is 1. The number of benzene rings is 2. The lowest BCUT2D eigenvalue weighted by Crippen LogP contribution is -2.28. The van der Waals surface area contributed by atoms with Crippen LogP contribution < -0.4 is 14.2 Å². The molecule has 0 fully saturated rings. The molecular formula is C18H23NO4S. The van der Waals surface area contributed by atoms with Crippen molar-refractivity contribution in [2.24, 2.45) is 0 Å². The molecule has 2 aromatic carbocycles. The van der Waals surface area contributed by atoms with Crippen LogP contribution in [0.25, 0.3) is 0 Å². The van der Waals surface area contributed by atoms with E-state index in [1.54, 1.807) is 12.1 Å². The molecule has 5 nitrogen and oxygen atoms in total. The van der Waals surface area contributed by atoms with E-state index in [0.717, 1.165) is 5.75 Å². The smallest absolute Gasteiger partial charge is 0.240 e. The summed E-state index contributed by atoms with van der Waals surface area (Å²) in [5.41, 5.74) is 1.24. The fourth-order valence-electron chi connectivity index (χ4n) is 2.13. The maximum Gasteiger partial charge on any atom is 0.240 e. The molecule has 2 aromatic rings. The molecular weight excluding hydrogens is 326 g/mol. The van der Waals surface area contributed by atoms with E-state index >= 15 is 0 Å². The van der Waals surface area contributed by atoms with Gasteiger partial charge in [0.25, 0.3) is 0 Å². The molecule has 24 heavy (non-hydrogen) atoms. The summed E-state index contributed by atoms with van der Waals surface area (Å²) in [5.74, 6) is 1.81. The third-order valence-electron chi connectivity index (χ3n) is 3.58. The van der Waals surface area contributed by atoms with Gasteiger partial charge >= 0.3 is 0 Å². The Morgan fingerprint density at radius 2 is 1.54 bits per heavy atom. The van der Waals surface area contributed by atoms with E-state index in [1.807, 2.05) is 24.3 Å². The van der Waals surface area contributed by atoms with E-state index in [9.17, 15) is 8.42 Å². The molecule has 2 rings (SSSR count). The molecule has 0 spiro atoms. The van der Waals surface area contributed by atoms with Crippen LogP contribution in [0.2, 0.25) is 0 Å². The van der Waals surface area contributed by atoms with Crippen LogP contribution >= 0.6 is 0 Å². The summed E-state index contributed by atoms with van der Waals surface area (Å²) in [6.07, 6.45) is 0. The Morgan fingerprint density at radius 3 is 2.08 bits per heavy atom. The Labute approximate surface area is 143 Å². The third kappa shape index (κ3) is 4.97. The number of sulfonamides is 1. The van der Waals surface area contributed by atoms with Crippen LogP contribution in [0.3, 0.4) is 0 Å². The van der Waals surface area contributed by atoms with Gasteiger partial charge in [0.2, 0.25) is 10.0 Å². The Balaban J connectivity index is 1.84. The number of nitrogens with one attached hydrogen (secondary N) is 1. The number of hydrogen-bond acceptors (Lipinski definition) is 4. The standard InChI is InChI=1S/C18H23NO4S/c1-14(2)15-4-6-17(7-5-15)23-13-12-19-24(20,21)18-10-8-16(22-3)9-11-18/h4-11,14,19H,12-13H2,1-3H3. The van der Waals surface area contributed by atoms with Gasteiger partial charge in [0.05, 0.1) is 12.0 Å². The first-order valence-electron chi connectivity index (χ1n) is 7.79. The van der Waals surface area contributed by atoms with Crippen molar-refractivity contribution < 1.29 is 17.9 Å². The van der Waals surface area contributed by atoms with E-state index in [2.05, 4.69) is 18.6 Å². The van der Waals surface area contributed by atoms with Gasteiger partial charge in [0.1, 0.15) is 18.1 Å². The molecule has 0 aliphatic rings. The van der Waals surface area contributed by atoms with Crippen molar-refractivity contribution in [3.8, 4) is 11.5 Å². The fraction of sp³-hybridized carbons (Fsp3) is 0.333. The summed E-state index contributed by atoms with van der Waals surface area (Å²) < 4.78 is 37.4. The van der Waals surface area contributed by atoms with Crippen LogP contribution in [-0.4, -0.2) is 28.7 Å². The predicted octanol–water partition coefficient (Wildman–Crippen LogP) is 3.18. The minimum atomic E-state index is -3.54. The summed E-state index contributed by atoms with van der Waals surface area (Å²) in [6, 6.07) is 14.1. The van der Waals surface area contributed by atoms with E-state index < -0.39 is 10.0 Å². The first-order valence-corrected chi connectivity index (χ1v) is 9.27. The highest BCUT2D eigenvalue weighted by Gasteiger charge is 2.13. The minimum absolute atomic E-state index is 0.195. The zero-order valence-corrected chi connectivity index (χ0v) is 15.0. The molecule has 0 atom stereocenters. The molecule has 0 heterocycles. The zero-order valence-electron chi connectivity index (χ0n) is 14.2. The zero-order chi connectivity index (χ0) is 17.6. The molecule has 0 aliphatic heterocycles. The second-order valence-corrected chi connectivity index (χ2v) is 7.41. The average Bonchev–Trinajstić information content (AvgIpc) is 2.59. The summed E-state index contributed by atoms with van der Waals surface area (Å²) >= 11 is 0. The van der Waals surface area contributed by atoms with Gasteiger partial charge in [-0.2, -0.15) is 0 Å². The van der Waals surface area contributed by atoms with Crippen molar-refractivity contribution in [3.63, 3.8) is 0 Å². The Bertz CT molecular complexity index is 738.